The van der Waals surface area contributed by atoms with Gasteiger partial charge in [0.2, 0.25) is 0 Å². The number of nitrogens with zero attached hydrogens (tertiary/aromatic N) is 1. The monoisotopic (exact) mass is 301 g/mol. The van der Waals surface area contributed by atoms with E-state index in [0.29, 0.717) is 5.57 Å². The van der Waals surface area contributed by atoms with Gasteiger partial charge in [-0.2, -0.15) is 0 Å². The Morgan fingerprint density at radius 2 is 1.86 bits per heavy atom. The number of benzene rings is 2. The van der Waals surface area contributed by atoms with Crippen LogP contribution >= 0.6 is 0 Å². The quantitative estimate of drug-likeness (QED) is 0.908. The number of carbonyl (C=O) groups is 1. The smallest absolute Gasteiger partial charge is 0.408 e. The first-order valence-corrected chi connectivity index (χ1v) is 6.77. The van der Waals surface area contributed by atoms with Gasteiger partial charge in [0.05, 0.1) is 12.6 Å². The van der Waals surface area contributed by atoms with Crippen molar-refractivity contribution in [3.05, 3.63) is 77.4 Å². The van der Waals surface area contributed by atoms with Gasteiger partial charge >= 0.3 is 6.09 Å². The van der Waals surface area contributed by atoms with Crippen LogP contribution in [0.25, 0.3) is 5.57 Å². The van der Waals surface area contributed by atoms with Crippen molar-refractivity contribution in [3.63, 3.8) is 0 Å². The van der Waals surface area contributed by atoms with Crippen LogP contribution in [0, 0.1) is 11.6 Å². The molecule has 3 rings (SSSR count). The lowest BCUT2D eigenvalue weighted by atomic mass is 10.0. The van der Waals surface area contributed by atoms with E-state index in [1.807, 2.05) is 30.3 Å². The van der Waals surface area contributed by atoms with Crippen molar-refractivity contribution in [1.29, 1.82) is 0 Å². The van der Waals surface area contributed by atoms with Crippen molar-refractivity contribution in [1.82, 2.24) is 4.90 Å². The SMILES string of the molecule is O=C(O)N1CC(c2cc(F)ccc2F)=CC1c1ccccc1. The van der Waals surface area contributed by atoms with Gasteiger partial charge in [-0.1, -0.05) is 36.4 Å². The van der Waals surface area contributed by atoms with Crippen LogP contribution in [-0.4, -0.2) is 22.6 Å². The van der Waals surface area contributed by atoms with Crippen LogP contribution in [0.3, 0.4) is 0 Å². The number of rotatable bonds is 2. The molecular formula is C17H13F2NO2. The van der Waals surface area contributed by atoms with E-state index >= 15 is 0 Å². The molecule has 1 amide bonds. The molecule has 5 heteroatoms. The Morgan fingerprint density at radius 1 is 1.14 bits per heavy atom. The van der Waals surface area contributed by atoms with E-state index in [1.54, 1.807) is 6.08 Å². The molecule has 2 aromatic carbocycles. The Labute approximate surface area is 126 Å². The van der Waals surface area contributed by atoms with Gasteiger partial charge in [0.1, 0.15) is 11.6 Å². The summed E-state index contributed by atoms with van der Waals surface area (Å²) in [6.45, 7) is 0.0231. The third kappa shape index (κ3) is 2.57. The predicted molar refractivity (Wildman–Crippen MR) is 78.2 cm³/mol. The summed E-state index contributed by atoms with van der Waals surface area (Å²) < 4.78 is 27.3. The van der Waals surface area contributed by atoms with Crippen LogP contribution < -0.4 is 0 Å². The standard InChI is InChI=1S/C17H13F2NO2/c18-13-6-7-15(19)14(9-13)12-8-16(20(10-12)17(21)22)11-4-2-1-3-5-11/h1-9,16H,10H2,(H,21,22). The maximum Gasteiger partial charge on any atom is 0.408 e. The van der Waals surface area contributed by atoms with Crippen LogP contribution in [-0.2, 0) is 0 Å². The summed E-state index contributed by atoms with van der Waals surface area (Å²) in [5, 5.41) is 9.36. The molecule has 0 spiro atoms. The molecule has 0 saturated carbocycles. The second kappa shape index (κ2) is 5.60. The zero-order valence-corrected chi connectivity index (χ0v) is 11.5. The van der Waals surface area contributed by atoms with Gasteiger partial charge < -0.3 is 5.11 Å². The molecule has 2 aromatic rings. The molecule has 0 bridgehead atoms. The lowest BCUT2D eigenvalue weighted by molar-refractivity contribution is 0.144. The van der Waals surface area contributed by atoms with Crippen molar-refractivity contribution in [2.75, 3.05) is 6.54 Å². The fourth-order valence-electron chi connectivity index (χ4n) is 2.65. The van der Waals surface area contributed by atoms with E-state index in [0.717, 1.165) is 23.8 Å². The molecule has 22 heavy (non-hydrogen) atoms. The molecule has 0 fully saturated rings. The number of halogens is 2. The van der Waals surface area contributed by atoms with E-state index in [4.69, 9.17) is 0 Å². The van der Waals surface area contributed by atoms with Gasteiger partial charge in [-0.05, 0) is 29.3 Å². The topological polar surface area (TPSA) is 40.5 Å². The highest BCUT2D eigenvalue weighted by atomic mass is 19.1. The zero-order valence-electron chi connectivity index (χ0n) is 11.5. The average molecular weight is 301 g/mol. The zero-order chi connectivity index (χ0) is 15.7. The van der Waals surface area contributed by atoms with Crippen molar-refractivity contribution in [2.24, 2.45) is 0 Å². The van der Waals surface area contributed by atoms with E-state index in [9.17, 15) is 18.7 Å². The highest BCUT2D eigenvalue weighted by Crippen LogP contribution is 2.35. The minimum Gasteiger partial charge on any atom is -0.465 e. The maximum absolute atomic E-state index is 13.9. The van der Waals surface area contributed by atoms with E-state index < -0.39 is 23.8 Å². The van der Waals surface area contributed by atoms with Crippen molar-refractivity contribution >= 4 is 11.7 Å². The summed E-state index contributed by atoms with van der Waals surface area (Å²) in [5.41, 5.74) is 1.36. The van der Waals surface area contributed by atoms with Crippen molar-refractivity contribution in [3.8, 4) is 0 Å². The number of hydrogen-bond donors (Lipinski definition) is 1. The van der Waals surface area contributed by atoms with Crippen LogP contribution in [0.5, 0.6) is 0 Å². The van der Waals surface area contributed by atoms with E-state index in [2.05, 4.69) is 0 Å². The molecule has 0 radical (unpaired) electrons. The molecule has 1 atom stereocenters. The van der Waals surface area contributed by atoms with Crippen LogP contribution in [0.15, 0.2) is 54.6 Å². The number of hydrogen-bond acceptors (Lipinski definition) is 1. The normalized spacial score (nSPS) is 17.5. The first-order valence-electron chi connectivity index (χ1n) is 6.77. The van der Waals surface area contributed by atoms with Gasteiger partial charge in [-0.3, -0.25) is 4.90 Å². The van der Waals surface area contributed by atoms with Crippen LogP contribution in [0.1, 0.15) is 17.2 Å². The molecule has 0 aromatic heterocycles. The molecule has 1 aliphatic heterocycles. The molecule has 0 aliphatic carbocycles. The van der Waals surface area contributed by atoms with Crippen LogP contribution in [0.2, 0.25) is 0 Å². The lowest BCUT2D eigenvalue weighted by Gasteiger charge is -2.21. The molecule has 1 unspecified atom stereocenters. The molecule has 1 aliphatic rings. The molecule has 1 N–H and O–H groups in total. The van der Waals surface area contributed by atoms with E-state index in [1.165, 1.54) is 4.90 Å². The molecule has 112 valence electrons. The molecular weight excluding hydrogens is 288 g/mol. The minimum atomic E-state index is -1.10. The predicted octanol–water partition coefficient (Wildman–Crippen LogP) is 4.08. The summed E-state index contributed by atoms with van der Waals surface area (Å²) >= 11 is 0. The van der Waals surface area contributed by atoms with Gasteiger partial charge in [-0.25, -0.2) is 13.6 Å². The lowest BCUT2D eigenvalue weighted by Crippen LogP contribution is -2.29. The second-order valence-corrected chi connectivity index (χ2v) is 5.08. The Bertz CT molecular complexity index is 744. The van der Waals surface area contributed by atoms with Gasteiger partial charge in [0.15, 0.2) is 0 Å². The number of carboxylic acid groups (broad SMARTS) is 1. The Kier molecular flexibility index (Phi) is 3.63. The summed E-state index contributed by atoms with van der Waals surface area (Å²) in [5.74, 6) is -1.12. The highest BCUT2D eigenvalue weighted by Gasteiger charge is 2.31. The third-order valence-corrected chi connectivity index (χ3v) is 3.70. The highest BCUT2D eigenvalue weighted by molar-refractivity contribution is 5.78. The fraction of sp³-hybridized carbons (Fsp3) is 0.118. The summed E-state index contributed by atoms with van der Waals surface area (Å²) in [7, 11) is 0. The van der Waals surface area contributed by atoms with Gasteiger partial charge in [-0.15, -0.1) is 0 Å². The Morgan fingerprint density at radius 3 is 2.55 bits per heavy atom. The van der Waals surface area contributed by atoms with Crippen molar-refractivity contribution in [2.45, 2.75) is 6.04 Å². The summed E-state index contributed by atoms with van der Waals surface area (Å²) in [6, 6.07) is 11.7. The maximum atomic E-state index is 13.9. The largest absolute Gasteiger partial charge is 0.465 e. The van der Waals surface area contributed by atoms with Gasteiger partial charge in [0.25, 0.3) is 0 Å². The molecule has 0 saturated heterocycles. The second-order valence-electron chi connectivity index (χ2n) is 5.08. The molecule has 1 heterocycles. The first kappa shape index (κ1) is 14.3. The van der Waals surface area contributed by atoms with E-state index in [-0.39, 0.29) is 12.1 Å². The Hall–Kier alpha value is -2.69. The Balaban J connectivity index is 2.03. The van der Waals surface area contributed by atoms with Gasteiger partial charge in [0, 0.05) is 5.56 Å². The summed E-state index contributed by atoms with van der Waals surface area (Å²) in [4.78, 5) is 12.6. The van der Waals surface area contributed by atoms with Crippen LogP contribution in [0.4, 0.5) is 13.6 Å². The first-order chi connectivity index (χ1) is 10.6. The third-order valence-electron chi connectivity index (χ3n) is 3.70. The number of amides is 1. The average Bonchev–Trinajstić information content (AvgIpc) is 2.96. The molecule has 3 nitrogen and oxygen atoms in total. The minimum absolute atomic E-state index is 0.0231. The van der Waals surface area contributed by atoms with Crippen molar-refractivity contribution < 1.29 is 18.7 Å². The fourth-order valence-corrected chi connectivity index (χ4v) is 2.65. The summed E-state index contributed by atoms with van der Waals surface area (Å²) in [6.07, 6.45) is 0.568.